The molecule has 66 valence electrons. The van der Waals surface area contributed by atoms with E-state index in [-0.39, 0.29) is 5.91 Å². The molecule has 0 aliphatic carbocycles. The van der Waals surface area contributed by atoms with Crippen LogP contribution in [0.25, 0.3) is 0 Å². The summed E-state index contributed by atoms with van der Waals surface area (Å²) in [6.45, 7) is 1.48. The molecular weight excluding hydrogens is 162 g/mol. The van der Waals surface area contributed by atoms with Crippen LogP contribution < -0.4 is 5.32 Å². The highest BCUT2D eigenvalue weighted by Crippen LogP contribution is 2.14. The average molecular weight is 173 g/mol. The van der Waals surface area contributed by atoms with Crippen LogP contribution in [-0.2, 0) is 11.2 Å². The summed E-state index contributed by atoms with van der Waals surface area (Å²) < 4.78 is 0. The van der Waals surface area contributed by atoms with Crippen LogP contribution in [0.4, 0.5) is 5.69 Å². The van der Waals surface area contributed by atoms with Crippen molar-refractivity contribution < 1.29 is 4.79 Å². The second-order valence-electron chi connectivity index (χ2n) is 2.72. The molecule has 0 heterocycles. The van der Waals surface area contributed by atoms with Gasteiger partial charge in [-0.05, 0) is 11.6 Å². The Balaban J connectivity index is 2.92. The topological polar surface area (TPSA) is 29.1 Å². The smallest absolute Gasteiger partial charge is 0.221 e. The summed E-state index contributed by atoms with van der Waals surface area (Å²) in [7, 11) is 0. The second-order valence-corrected chi connectivity index (χ2v) is 2.72. The number of benzene rings is 1. The Hall–Kier alpha value is -1.75. The average Bonchev–Trinajstić information content (AvgIpc) is 2.08. The van der Waals surface area contributed by atoms with E-state index in [0.29, 0.717) is 6.42 Å². The molecule has 1 N–H and O–H groups in total. The van der Waals surface area contributed by atoms with E-state index in [2.05, 4.69) is 11.2 Å². The molecule has 0 atom stereocenters. The summed E-state index contributed by atoms with van der Waals surface area (Å²) in [5, 5.41) is 2.72. The summed E-state index contributed by atoms with van der Waals surface area (Å²) in [6, 6.07) is 7.52. The van der Waals surface area contributed by atoms with Crippen molar-refractivity contribution in [2.75, 3.05) is 5.32 Å². The first kappa shape index (κ1) is 9.34. The molecule has 0 saturated heterocycles. The number of anilines is 1. The SMILES string of the molecule is C#CCc1ccccc1NC(C)=O. The molecule has 0 radical (unpaired) electrons. The Morgan fingerprint density at radius 3 is 2.85 bits per heavy atom. The van der Waals surface area contributed by atoms with Gasteiger partial charge in [-0.25, -0.2) is 0 Å². The lowest BCUT2D eigenvalue weighted by Gasteiger charge is -2.06. The lowest BCUT2D eigenvalue weighted by Crippen LogP contribution is -2.07. The van der Waals surface area contributed by atoms with Crippen molar-refractivity contribution in [3.05, 3.63) is 29.8 Å². The normalized spacial score (nSPS) is 8.92. The minimum atomic E-state index is -0.0792. The van der Waals surface area contributed by atoms with E-state index >= 15 is 0 Å². The number of terminal acetylenes is 1. The third kappa shape index (κ3) is 2.64. The van der Waals surface area contributed by atoms with Gasteiger partial charge < -0.3 is 5.32 Å². The molecule has 1 aromatic carbocycles. The summed E-state index contributed by atoms with van der Waals surface area (Å²) in [6.07, 6.45) is 5.74. The number of amides is 1. The van der Waals surface area contributed by atoms with E-state index in [0.717, 1.165) is 11.3 Å². The van der Waals surface area contributed by atoms with Crippen molar-refractivity contribution in [1.29, 1.82) is 0 Å². The van der Waals surface area contributed by atoms with Crippen LogP contribution in [-0.4, -0.2) is 5.91 Å². The number of para-hydroxylation sites is 1. The van der Waals surface area contributed by atoms with E-state index < -0.39 is 0 Å². The zero-order valence-corrected chi connectivity index (χ0v) is 7.50. The van der Waals surface area contributed by atoms with Crippen LogP contribution in [0.1, 0.15) is 12.5 Å². The van der Waals surface area contributed by atoms with Gasteiger partial charge in [0.25, 0.3) is 0 Å². The number of carbonyl (C=O) groups excluding carboxylic acids is 1. The Bertz CT molecular complexity index is 349. The number of carbonyl (C=O) groups is 1. The van der Waals surface area contributed by atoms with Gasteiger partial charge >= 0.3 is 0 Å². The van der Waals surface area contributed by atoms with Crippen molar-refractivity contribution in [3.63, 3.8) is 0 Å². The largest absolute Gasteiger partial charge is 0.326 e. The van der Waals surface area contributed by atoms with Gasteiger partial charge in [0.1, 0.15) is 0 Å². The van der Waals surface area contributed by atoms with Crippen molar-refractivity contribution in [3.8, 4) is 12.3 Å². The summed E-state index contributed by atoms with van der Waals surface area (Å²) in [4.78, 5) is 10.8. The Morgan fingerprint density at radius 1 is 1.54 bits per heavy atom. The fraction of sp³-hybridized carbons (Fsp3) is 0.182. The fourth-order valence-corrected chi connectivity index (χ4v) is 1.10. The summed E-state index contributed by atoms with van der Waals surface area (Å²) >= 11 is 0. The van der Waals surface area contributed by atoms with Crippen LogP contribution in [0, 0.1) is 12.3 Å². The molecule has 1 rings (SSSR count). The number of hydrogen-bond acceptors (Lipinski definition) is 1. The molecule has 0 aliphatic heterocycles. The molecule has 0 saturated carbocycles. The molecular formula is C11H11NO. The minimum Gasteiger partial charge on any atom is -0.326 e. The van der Waals surface area contributed by atoms with Gasteiger partial charge in [-0.15, -0.1) is 12.3 Å². The Morgan fingerprint density at radius 2 is 2.23 bits per heavy atom. The maximum Gasteiger partial charge on any atom is 0.221 e. The van der Waals surface area contributed by atoms with E-state index in [1.807, 2.05) is 24.3 Å². The van der Waals surface area contributed by atoms with Gasteiger partial charge in [0.15, 0.2) is 0 Å². The molecule has 1 aromatic rings. The zero-order chi connectivity index (χ0) is 9.68. The molecule has 0 aliphatic rings. The first-order valence-electron chi connectivity index (χ1n) is 4.03. The highest BCUT2D eigenvalue weighted by molar-refractivity contribution is 5.89. The highest BCUT2D eigenvalue weighted by Gasteiger charge is 2.00. The standard InChI is InChI=1S/C11H11NO/c1-3-6-10-7-4-5-8-11(10)12-9(2)13/h1,4-5,7-8H,6H2,2H3,(H,12,13). The predicted octanol–water partition coefficient (Wildman–Crippen LogP) is 1.82. The van der Waals surface area contributed by atoms with Gasteiger partial charge in [-0.2, -0.15) is 0 Å². The molecule has 2 heteroatoms. The van der Waals surface area contributed by atoms with Crippen LogP contribution in [0.15, 0.2) is 24.3 Å². The third-order valence-corrected chi connectivity index (χ3v) is 1.62. The number of nitrogens with one attached hydrogen (secondary N) is 1. The van der Waals surface area contributed by atoms with Crippen LogP contribution in [0.5, 0.6) is 0 Å². The summed E-state index contributed by atoms with van der Waals surface area (Å²) in [5.74, 6) is 2.47. The lowest BCUT2D eigenvalue weighted by molar-refractivity contribution is -0.114. The molecule has 2 nitrogen and oxygen atoms in total. The van der Waals surface area contributed by atoms with Crippen molar-refractivity contribution in [2.24, 2.45) is 0 Å². The van der Waals surface area contributed by atoms with Crippen LogP contribution >= 0.6 is 0 Å². The van der Waals surface area contributed by atoms with Crippen molar-refractivity contribution in [1.82, 2.24) is 0 Å². The molecule has 0 bridgehead atoms. The van der Waals surface area contributed by atoms with Gasteiger partial charge in [0, 0.05) is 19.0 Å². The monoisotopic (exact) mass is 173 g/mol. The molecule has 0 spiro atoms. The van der Waals surface area contributed by atoms with E-state index in [1.165, 1.54) is 6.92 Å². The van der Waals surface area contributed by atoms with Gasteiger partial charge in [-0.3, -0.25) is 4.79 Å². The third-order valence-electron chi connectivity index (χ3n) is 1.62. The number of hydrogen-bond donors (Lipinski definition) is 1. The van der Waals surface area contributed by atoms with E-state index in [1.54, 1.807) is 0 Å². The molecule has 0 aromatic heterocycles. The van der Waals surface area contributed by atoms with Crippen LogP contribution in [0.3, 0.4) is 0 Å². The quantitative estimate of drug-likeness (QED) is 0.679. The fourth-order valence-electron chi connectivity index (χ4n) is 1.10. The van der Waals surface area contributed by atoms with Gasteiger partial charge in [-0.1, -0.05) is 18.2 Å². The van der Waals surface area contributed by atoms with Gasteiger partial charge in [0.05, 0.1) is 0 Å². The maximum atomic E-state index is 10.8. The highest BCUT2D eigenvalue weighted by atomic mass is 16.1. The molecule has 0 unspecified atom stereocenters. The second kappa shape index (κ2) is 4.32. The van der Waals surface area contributed by atoms with Crippen molar-refractivity contribution in [2.45, 2.75) is 13.3 Å². The molecule has 0 fully saturated rings. The van der Waals surface area contributed by atoms with Gasteiger partial charge in [0.2, 0.25) is 5.91 Å². The van der Waals surface area contributed by atoms with E-state index in [4.69, 9.17) is 6.42 Å². The summed E-state index contributed by atoms with van der Waals surface area (Å²) in [5.41, 5.74) is 1.77. The maximum absolute atomic E-state index is 10.8. The molecule has 13 heavy (non-hydrogen) atoms. The lowest BCUT2D eigenvalue weighted by atomic mass is 10.1. The molecule has 1 amide bonds. The predicted molar refractivity (Wildman–Crippen MR) is 53.3 cm³/mol. The Kier molecular flexibility index (Phi) is 3.10. The number of rotatable bonds is 2. The minimum absolute atomic E-state index is 0.0792. The first-order valence-corrected chi connectivity index (χ1v) is 4.03. The van der Waals surface area contributed by atoms with E-state index in [9.17, 15) is 4.79 Å². The van der Waals surface area contributed by atoms with Crippen molar-refractivity contribution >= 4 is 11.6 Å². The zero-order valence-electron chi connectivity index (χ0n) is 7.50. The first-order chi connectivity index (χ1) is 6.24. The Labute approximate surface area is 78.0 Å². The van der Waals surface area contributed by atoms with Crippen LogP contribution in [0.2, 0.25) is 0 Å².